The second-order valence-corrected chi connectivity index (χ2v) is 4.59. The van der Waals surface area contributed by atoms with Crippen molar-refractivity contribution < 1.29 is 13.6 Å². The van der Waals surface area contributed by atoms with Crippen LogP contribution in [0.15, 0.2) is 42.5 Å². The molecule has 0 aliphatic heterocycles. The molecular formula is C16H16F2N2O. The molecule has 2 aromatic rings. The van der Waals surface area contributed by atoms with Crippen LogP contribution in [0, 0.1) is 11.6 Å². The predicted molar refractivity (Wildman–Crippen MR) is 78.1 cm³/mol. The largest absolute Gasteiger partial charge is 0.322 e. The Hall–Kier alpha value is -2.27. The van der Waals surface area contributed by atoms with Gasteiger partial charge in [-0.25, -0.2) is 8.78 Å². The van der Waals surface area contributed by atoms with Crippen molar-refractivity contribution in [1.29, 1.82) is 0 Å². The Labute approximate surface area is 122 Å². The van der Waals surface area contributed by atoms with Crippen molar-refractivity contribution >= 4 is 11.6 Å². The summed E-state index contributed by atoms with van der Waals surface area (Å²) in [6, 6.07) is 9.98. The minimum Gasteiger partial charge on any atom is -0.322 e. The van der Waals surface area contributed by atoms with Gasteiger partial charge in [0.15, 0.2) is 0 Å². The minimum absolute atomic E-state index is 0.0516. The zero-order valence-electron chi connectivity index (χ0n) is 11.6. The van der Waals surface area contributed by atoms with Crippen molar-refractivity contribution in [2.45, 2.75) is 13.5 Å². The molecule has 0 saturated heterocycles. The third-order valence-electron chi connectivity index (χ3n) is 2.92. The molecule has 1 amide bonds. The topological polar surface area (TPSA) is 41.1 Å². The molecule has 21 heavy (non-hydrogen) atoms. The van der Waals surface area contributed by atoms with Gasteiger partial charge in [-0.2, -0.15) is 0 Å². The zero-order valence-corrected chi connectivity index (χ0v) is 11.6. The Morgan fingerprint density at radius 1 is 1.05 bits per heavy atom. The van der Waals surface area contributed by atoms with E-state index in [2.05, 4.69) is 10.6 Å². The molecule has 0 aromatic heterocycles. The number of anilines is 1. The summed E-state index contributed by atoms with van der Waals surface area (Å²) in [4.78, 5) is 11.9. The molecule has 0 saturated carbocycles. The fourth-order valence-electron chi connectivity index (χ4n) is 1.86. The van der Waals surface area contributed by atoms with Gasteiger partial charge in [0.05, 0.1) is 0 Å². The van der Waals surface area contributed by atoms with E-state index in [4.69, 9.17) is 0 Å². The molecule has 0 aliphatic carbocycles. The molecule has 5 heteroatoms. The number of halogens is 2. The van der Waals surface area contributed by atoms with Crippen LogP contribution in [0.3, 0.4) is 0 Å². The highest BCUT2D eigenvalue weighted by molar-refractivity contribution is 6.04. The summed E-state index contributed by atoms with van der Waals surface area (Å²) < 4.78 is 26.1. The molecule has 0 fully saturated rings. The number of amides is 1. The van der Waals surface area contributed by atoms with Gasteiger partial charge in [0.25, 0.3) is 5.91 Å². The monoisotopic (exact) mass is 290 g/mol. The Morgan fingerprint density at radius 2 is 1.67 bits per heavy atom. The molecule has 0 aliphatic rings. The van der Waals surface area contributed by atoms with Gasteiger partial charge in [0.1, 0.15) is 11.6 Å². The molecular weight excluding hydrogens is 274 g/mol. The van der Waals surface area contributed by atoms with Gasteiger partial charge in [-0.3, -0.25) is 4.79 Å². The number of hydrogen-bond donors (Lipinski definition) is 2. The normalized spacial score (nSPS) is 10.4. The molecule has 0 bridgehead atoms. The minimum atomic E-state index is -0.777. The smallest absolute Gasteiger partial charge is 0.255 e. The molecule has 0 radical (unpaired) electrons. The van der Waals surface area contributed by atoms with Crippen LogP contribution in [0.5, 0.6) is 0 Å². The summed E-state index contributed by atoms with van der Waals surface area (Å²) >= 11 is 0. The zero-order chi connectivity index (χ0) is 15.2. The fraction of sp³-hybridized carbons (Fsp3) is 0.188. The van der Waals surface area contributed by atoms with Gasteiger partial charge >= 0.3 is 0 Å². The third kappa shape index (κ3) is 4.36. The van der Waals surface area contributed by atoms with Crippen LogP contribution >= 0.6 is 0 Å². The van der Waals surface area contributed by atoms with E-state index in [1.54, 1.807) is 12.1 Å². The third-order valence-corrected chi connectivity index (χ3v) is 2.92. The molecule has 0 unspecified atom stereocenters. The van der Waals surface area contributed by atoms with Crippen molar-refractivity contribution in [3.8, 4) is 0 Å². The second kappa shape index (κ2) is 6.95. The average Bonchev–Trinajstić information content (AvgIpc) is 2.45. The highest BCUT2D eigenvalue weighted by atomic mass is 19.1. The maximum atomic E-state index is 13.1. The van der Waals surface area contributed by atoms with Crippen LogP contribution < -0.4 is 10.6 Å². The summed E-state index contributed by atoms with van der Waals surface area (Å²) in [6.07, 6.45) is 0. The van der Waals surface area contributed by atoms with Gasteiger partial charge < -0.3 is 10.6 Å². The lowest BCUT2D eigenvalue weighted by atomic mass is 10.1. The number of carbonyl (C=O) groups excluding carboxylic acids is 1. The van der Waals surface area contributed by atoms with E-state index in [9.17, 15) is 13.6 Å². The first kappa shape index (κ1) is 15.1. The van der Waals surface area contributed by atoms with E-state index in [1.165, 1.54) is 0 Å². The molecule has 0 atom stereocenters. The maximum absolute atomic E-state index is 13.1. The van der Waals surface area contributed by atoms with E-state index >= 15 is 0 Å². The standard InChI is InChI=1S/C16H16F2N2O/c1-2-19-10-11-3-5-15(6-4-11)20-16(21)12-7-13(17)9-14(18)8-12/h3-9,19H,2,10H2,1H3,(H,20,21). The Morgan fingerprint density at radius 3 is 2.24 bits per heavy atom. The Kier molecular flexibility index (Phi) is 5.00. The van der Waals surface area contributed by atoms with E-state index < -0.39 is 17.5 Å². The quantitative estimate of drug-likeness (QED) is 0.887. The lowest BCUT2D eigenvalue weighted by molar-refractivity contribution is 0.102. The summed E-state index contributed by atoms with van der Waals surface area (Å²) in [5.74, 6) is -2.10. The van der Waals surface area contributed by atoms with Gasteiger partial charge in [-0.1, -0.05) is 19.1 Å². The van der Waals surface area contributed by atoms with E-state index in [0.29, 0.717) is 5.69 Å². The van der Waals surface area contributed by atoms with Gasteiger partial charge in [-0.15, -0.1) is 0 Å². The molecule has 2 N–H and O–H groups in total. The summed E-state index contributed by atoms with van der Waals surface area (Å²) in [7, 11) is 0. The summed E-state index contributed by atoms with van der Waals surface area (Å²) in [6.45, 7) is 3.65. The van der Waals surface area contributed by atoms with Crippen molar-refractivity contribution in [3.63, 3.8) is 0 Å². The second-order valence-electron chi connectivity index (χ2n) is 4.59. The van der Waals surface area contributed by atoms with Gasteiger partial charge in [-0.05, 0) is 36.4 Å². The number of nitrogens with one attached hydrogen (secondary N) is 2. The Balaban J connectivity index is 2.05. The number of hydrogen-bond acceptors (Lipinski definition) is 2. The first-order valence-electron chi connectivity index (χ1n) is 6.65. The lowest BCUT2D eigenvalue weighted by Crippen LogP contribution is -2.13. The van der Waals surface area contributed by atoms with Crippen molar-refractivity contribution in [2.75, 3.05) is 11.9 Å². The van der Waals surface area contributed by atoms with E-state index in [0.717, 1.165) is 36.9 Å². The number of carbonyl (C=O) groups is 1. The Bertz CT molecular complexity index is 606. The van der Waals surface area contributed by atoms with Crippen molar-refractivity contribution in [1.82, 2.24) is 5.32 Å². The first-order chi connectivity index (χ1) is 10.1. The van der Waals surface area contributed by atoms with Gasteiger partial charge in [0.2, 0.25) is 0 Å². The predicted octanol–water partition coefficient (Wildman–Crippen LogP) is 3.33. The molecule has 0 heterocycles. The van der Waals surface area contributed by atoms with Crippen LogP contribution in [0.4, 0.5) is 14.5 Å². The maximum Gasteiger partial charge on any atom is 0.255 e. The molecule has 2 rings (SSSR count). The molecule has 0 spiro atoms. The van der Waals surface area contributed by atoms with Crippen LogP contribution in [0.1, 0.15) is 22.8 Å². The first-order valence-corrected chi connectivity index (χ1v) is 6.65. The van der Waals surface area contributed by atoms with Crippen LogP contribution in [-0.4, -0.2) is 12.5 Å². The molecule has 3 nitrogen and oxygen atoms in total. The number of rotatable bonds is 5. The van der Waals surface area contributed by atoms with E-state index in [-0.39, 0.29) is 5.56 Å². The SMILES string of the molecule is CCNCc1ccc(NC(=O)c2cc(F)cc(F)c2)cc1. The fourth-order valence-corrected chi connectivity index (χ4v) is 1.86. The van der Waals surface area contributed by atoms with Crippen LogP contribution in [-0.2, 0) is 6.54 Å². The highest BCUT2D eigenvalue weighted by Gasteiger charge is 2.09. The van der Waals surface area contributed by atoms with Crippen molar-refractivity contribution in [2.24, 2.45) is 0 Å². The van der Waals surface area contributed by atoms with Gasteiger partial charge in [0, 0.05) is 23.9 Å². The summed E-state index contributed by atoms with van der Waals surface area (Å²) in [5, 5.41) is 5.80. The highest BCUT2D eigenvalue weighted by Crippen LogP contribution is 2.13. The lowest BCUT2D eigenvalue weighted by Gasteiger charge is -2.07. The van der Waals surface area contributed by atoms with Crippen molar-refractivity contribution in [3.05, 3.63) is 65.2 Å². The van der Waals surface area contributed by atoms with Crippen LogP contribution in [0.2, 0.25) is 0 Å². The number of benzene rings is 2. The average molecular weight is 290 g/mol. The molecule has 110 valence electrons. The molecule has 2 aromatic carbocycles. The summed E-state index contributed by atoms with van der Waals surface area (Å²) in [5.41, 5.74) is 1.61. The van der Waals surface area contributed by atoms with E-state index in [1.807, 2.05) is 19.1 Å². The van der Waals surface area contributed by atoms with Crippen LogP contribution in [0.25, 0.3) is 0 Å².